The van der Waals surface area contributed by atoms with Gasteiger partial charge in [-0.05, 0) is 37.1 Å². The van der Waals surface area contributed by atoms with E-state index in [2.05, 4.69) is 0 Å². The highest BCUT2D eigenvalue weighted by atomic mass is 19.1. The van der Waals surface area contributed by atoms with Crippen LogP contribution in [-0.4, -0.2) is 34.9 Å². The fourth-order valence-electron chi connectivity index (χ4n) is 2.23. The second-order valence-corrected chi connectivity index (χ2v) is 5.56. The number of aliphatic carboxylic acids is 1. The molecule has 1 unspecified atom stereocenters. The van der Waals surface area contributed by atoms with Gasteiger partial charge < -0.3 is 19.7 Å². The SMILES string of the molecule is O=C(O)c1cc(F)c(OCCCC(Oc2c(F)cccc2F)C(=O)O)c(F)c1. The van der Waals surface area contributed by atoms with Crippen LogP contribution < -0.4 is 9.47 Å². The Labute approximate surface area is 155 Å². The summed E-state index contributed by atoms with van der Waals surface area (Å²) in [6.45, 7) is -0.354. The van der Waals surface area contributed by atoms with E-state index in [1.165, 1.54) is 0 Å². The van der Waals surface area contributed by atoms with Crippen LogP contribution in [0.4, 0.5) is 17.6 Å². The lowest BCUT2D eigenvalue weighted by Crippen LogP contribution is -2.28. The second kappa shape index (κ2) is 9.07. The summed E-state index contributed by atoms with van der Waals surface area (Å²) in [7, 11) is 0. The molecule has 0 aliphatic carbocycles. The van der Waals surface area contributed by atoms with E-state index < -0.39 is 58.4 Å². The normalized spacial score (nSPS) is 11.7. The number of carboxylic acids is 2. The first-order valence-electron chi connectivity index (χ1n) is 7.89. The molecule has 2 N–H and O–H groups in total. The Morgan fingerprint density at radius 3 is 2.00 bits per heavy atom. The zero-order valence-corrected chi connectivity index (χ0v) is 14.1. The Morgan fingerprint density at radius 1 is 0.929 bits per heavy atom. The van der Waals surface area contributed by atoms with Crippen molar-refractivity contribution in [2.24, 2.45) is 0 Å². The molecule has 10 heteroatoms. The molecule has 0 amide bonds. The van der Waals surface area contributed by atoms with Gasteiger partial charge in [-0.15, -0.1) is 0 Å². The molecule has 2 aromatic carbocycles. The molecular formula is C18H14F4O6. The quantitative estimate of drug-likeness (QED) is 0.492. The van der Waals surface area contributed by atoms with Gasteiger partial charge in [0.05, 0.1) is 12.2 Å². The predicted octanol–water partition coefficient (Wildman–Crippen LogP) is 3.63. The van der Waals surface area contributed by atoms with Gasteiger partial charge in [0.1, 0.15) is 0 Å². The Kier molecular flexibility index (Phi) is 6.80. The molecule has 0 spiro atoms. The molecule has 0 aromatic heterocycles. The average Bonchev–Trinajstić information content (AvgIpc) is 2.61. The van der Waals surface area contributed by atoms with Crippen LogP contribution in [-0.2, 0) is 4.79 Å². The van der Waals surface area contributed by atoms with Crippen molar-refractivity contribution in [1.29, 1.82) is 0 Å². The van der Waals surface area contributed by atoms with Crippen LogP contribution in [0.15, 0.2) is 30.3 Å². The summed E-state index contributed by atoms with van der Waals surface area (Å²) in [6.07, 6.45) is -1.99. The maximum Gasteiger partial charge on any atom is 0.344 e. The Hall–Kier alpha value is -3.30. The fraction of sp³-hybridized carbons (Fsp3) is 0.222. The van der Waals surface area contributed by atoms with Crippen LogP contribution >= 0.6 is 0 Å². The summed E-state index contributed by atoms with van der Waals surface area (Å²) < 4.78 is 64.3. The molecule has 2 aromatic rings. The van der Waals surface area contributed by atoms with Crippen LogP contribution in [0.3, 0.4) is 0 Å². The van der Waals surface area contributed by atoms with E-state index in [4.69, 9.17) is 19.7 Å². The molecule has 0 bridgehead atoms. The number of carboxylic acid groups (broad SMARTS) is 2. The molecule has 2 rings (SSSR count). The molecule has 28 heavy (non-hydrogen) atoms. The maximum atomic E-state index is 13.7. The van der Waals surface area contributed by atoms with Gasteiger partial charge in [0, 0.05) is 0 Å². The van der Waals surface area contributed by atoms with Crippen molar-refractivity contribution in [2.75, 3.05) is 6.61 Å². The summed E-state index contributed by atoms with van der Waals surface area (Å²) in [5.41, 5.74) is -0.603. The Balaban J connectivity index is 1.97. The zero-order valence-electron chi connectivity index (χ0n) is 14.1. The van der Waals surface area contributed by atoms with Gasteiger partial charge in [-0.25, -0.2) is 27.2 Å². The molecule has 6 nitrogen and oxygen atoms in total. The standard InChI is InChI=1S/C18H14F4O6/c19-10-3-1-4-11(20)16(10)28-14(18(25)26)5-2-6-27-15-12(21)7-9(17(23)24)8-13(15)22/h1,3-4,7-8,14H,2,5-6H2,(H,23,24)(H,25,26). The highest BCUT2D eigenvalue weighted by Crippen LogP contribution is 2.25. The van der Waals surface area contributed by atoms with Crippen molar-refractivity contribution in [3.63, 3.8) is 0 Å². The van der Waals surface area contributed by atoms with Gasteiger partial charge in [0.15, 0.2) is 40.9 Å². The first-order valence-corrected chi connectivity index (χ1v) is 7.89. The number of benzene rings is 2. The van der Waals surface area contributed by atoms with Crippen LogP contribution in [0.1, 0.15) is 23.2 Å². The van der Waals surface area contributed by atoms with Gasteiger partial charge in [0.25, 0.3) is 0 Å². The molecule has 1 atom stereocenters. The van der Waals surface area contributed by atoms with Gasteiger partial charge in [0.2, 0.25) is 0 Å². The van der Waals surface area contributed by atoms with Gasteiger partial charge in [-0.1, -0.05) is 6.07 Å². The largest absolute Gasteiger partial charge is 0.488 e. The first-order chi connectivity index (χ1) is 13.2. The fourth-order valence-corrected chi connectivity index (χ4v) is 2.23. The van der Waals surface area contributed by atoms with Crippen molar-refractivity contribution in [3.05, 3.63) is 59.2 Å². The van der Waals surface area contributed by atoms with E-state index in [9.17, 15) is 27.2 Å². The van der Waals surface area contributed by atoms with Crippen molar-refractivity contribution in [1.82, 2.24) is 0 Å². The zero-order chi connectivity index (χ0) is 20.8. The van der Waals surface area contributed by atoms with E-state index in [1.54, 1.807) is 0 Å². The topological polar surface area (TPSA) is 93.1 Å². The first kappa shape index (κ1) is 21.0. The third kappa shape index (κ3) is 5.12. The van der Waals surface area contributed by atoms with Gasteiger partial charge in [-0.3, -0.25) is 0 Å². The molecular weight excluding hydrogens is 388 g/mol. The summed E-state index contributed by atoms with van der Waals surface area (Å²) in [6, 6.07) is 4.02. The highest BCUT2D eigenvalue weighted by molar-refractivity contribution is 5.87. The summed E-state index contributed by atoms with van der Waals surface area (Å²) in [5, 5.41) is 17.8. The van der Waals surface area contributed by atoms with Crippen molar-refractivity contribution in [2.45, 2.75) is 18.9 Å². The molecule has 0 heterocycles. The van der Waals surface area contributed by atoms with E-state index in [0.717, 1.165) is 18.2 Å². The third-order valence-electron chi connectivity index (χ3n) is 3.56. The number of hydrogen-bond donors (Lipinski definition) is 2. The third-order valence-corrected chi connectivity index (χ3v) is 3.56. The Morgan fingerprint density at radius 2 is 1.50 bits per heavy atom. The van der Waals surface area contributed by atoms with Gasteiger partial charge >= 0.3 is 11.9 Å². The minimum atomic E-state index is -1.63. The van der Waals surface area contributed by atoms with E-state index >= 15 is 0 Å². The smallest absolute Gasteiger partial charge is 0.344 e. The molecule has 0 radical (unpaired) electrons. The van der Waals surface area contributed by atoms with Crippen LogP contribution in [0, 0.1) is 23.3 Å². The molecule has 0 fully saturated rings. The van der Waals surface area contributed by atoms with E-state index in [0.29, 0.717) is 12.1 Å². The van der Waals surface area contributed by atoms with E-state index in [-0.39, 0.29) is 19.4 Å². The lowest BCUT2D eigenvalue weighted by atomic mass is 10.2. The monoisotopic (exact) mass is 402 g/mol. The lowest BCUT2D eigenvalue weighted by Gasteiger charge is -2.16. The Bertz CT molecular complexity index is 843. The van der Waals surface area contributed by atoms with E-state index in [1.807, 2.05) is 0 Å². The average molecular weight is 402 g/mol. The summed E-state index contributed by atoms with van der Waals surface area (Å²) in [4.78, 5) is 21.9. The summed E-state index contributed by atoms with van der Waals surface area (Å²) in [5.74, 6) is -9.32. The molecule has 150 valence electrons. The predicted molar refractivity (Wildman–Crippen MR) is 86.5 cm³/mol. The minimum absolute atomic E-state index is 0.0907. The number of rotatable bonds is 9. The number of ether oxygens (including phenoxy) is 2. The molecule has 0 saturated heterocycles. The maximum absolute atomic E-state index is 13.7. The van der Waals surface area contributed by atoms with Crippen molar-refractivity contribution < 1.29 is 46.8 Å². The highest BCUT2D eigenvalue weighted by Gasteiger charge is 2.23. The van der Waals surface area contributed by atoms with Crippen molar-refractivity contribution in [3.8, 4) is 11.5 Å². The number of para-hydroxylation sites is 1. The molecule has 0 aliphatic heterocycles. The lowest BCUT2D eigenvalue weighted by molar-refractivity contribution is -0.145. The van der Waals surface area contributed by atoms with Crippen molar-refractivity contribution >= 4 is 11.9 Å². The van der Waals surface area contributed by atoms with Gasteiger partial charge in [-0.2, -0.15) is 0 Å². The molecule has 0 aliphatic rings. The number of halogens is 4. The number of hydrogen-bond acceptors (Lipinski definition) is 4. The van der Waals surface area contributed by atoms with Crippen LogP contribution in [0.5, 0.6) is 11.5 Å². The van der Waals surface area contributed by atoms with Crippen LogP contribution in [0.25, 0.3) is 0 Å². The minimum Gasteiger partial charge on any atom is -0.488 e. The second-order valence-electron chi connectivity index (χ2n) is 5.56. The molecule has 0 saturated carbocycles. The van der Waals surface area contributed by atoms with Crippen LogP contribution in [0.2, 0.25) is 0 Å². The summed E-state index contributed by atoms with van der Waals surface area (Å²) >= 11 is 0. The number of aromatic carboxylic acids is 1. The number of carbonyl (C=O) groups is 2.